The Bertz CT molecular complexity index is 1100. The van der Waals surface area contributed by atoms with E-state index in [0.29, 0.717) is 45.7 Å². The number of allylic oxidation sites excluding steroid dienone is 10. The molecule has 0 aromatic heterocycles. The van der Waals surface area contributed by atoms with Gasteiger partial charge in [0.2, 0.25) is 0 Å². The largest absolute Gasteiger partial charge is 0.394 e. The number of aliphatic hydroxyl groups excluding tert-OH is 2. The zero-order chi connectivity index (χ0) is 40.8. The number of rotatable bonds is 28. The van der Waals surface area contributed by atoms with E-state index >= 15 is 0 Å². The van der Waals surface area contributed by atoms with Crippen LogP contribution >= 0.6 is 0 Å². The Morgan fingerprint density at radius 2 is 1.25 bits per heavy atom. The van der Waals surface area contributed by atoms with Crippen molar-refractivity contribution in [3.63, 3.8) is 0 Å². The molecular formula is C44H78N6O6. The number of azide groups is 2. The van der Waals surface area contributed by atoms with Crippen LogP contribution in [0.5, 0.6) is 0 Å². The van der Waals surface area contributed by atoms with Gasteiger partial charge in [0.25, 0.3) is 0 Å². The van der Waals surface area contributed by atoms with Crippen LogP contribution in [0.4, 0.5) is 0 Å². The van der Waals surface area contributed by atoms with Crippen LogP contribution in [0.2, 0.25) is 0 Å². The number of unbranched alkanes of at least 4 members (excludes halogenated alkanes) is 2. The van der Waals surface area contributed by atoms with Crippen LogP contribution in [0.1, 0.15) is 142 Å². The van der Waals surface area contributed by atoms with Crippen LogP contribution < -0.4 is 0 Å². The SMILES string of the molecule is CC=CCCCC(CC/C=C/CCCC(CCC=CC)N=[N+]=[N-])OCCOCCO.OCCOCCOC1CC/C=C\CCC1.[N-]=[N+]=NC1CC/C=C\CCC1. The highest BCUT2D eigenvalue weighted by Crippen LogP contribution is 2.17. The fourth-order valence-corrected chi connectivity index (χ4v) is 6.22. The molecule has 2 N–H and O–H groups in total. The third-order valence-electron chi connectivity index (χ3n) is 9.29. The maximum absolute atomic E-state index is 8.75. The van der Waals surface area contributed by atoms with E-state index in [1.807, 2.05) is 13.0 Å². The molecule has 320 valence electrons. The van der Waals surface area contributed by atoms with Gasteiger partial charge in [0.15, 0.2) is 0 Å². The van der Waals surface area contributed by atoms with Crippen LogP contribution in [0.15, 0.2) is 71.0 Å². The molecule has 2 rings (SSSR count). The summed E-state index contributed by atoms with van der Waals surface area (Å²) in [7, 11) is 0. The number of aliphatic hydroxyl groups is 2. The molecule has 0 spiro atoms. The average molecular weight is 787 g/mol. The van der Waals surface area contributed by atoms with Gasteiger partial charge in [0.05, 0.1) is 65.1 Å². The van der Waals surface area contributed by atoms with E-state index in [1.165, 1.54) is 12.8 Å². The minimum atomic E-state index is 0.0526. The summed E-state index contributed by atoms with van der Waals surface area (Å²) in [5.41, 5.74) is 16.9. The topological polar surface area (TPSA) is 175 Å². The third kappa shape index (κ3) is 38.0. The second-order valence-electron chi connectivity index (χ2n) is 14.0. The monoisotopic (exact) mass is 787 g/mol. The summed E-state index contributed by atoms with van der Waals surface area (Å²) in [6.45, 7) is 7.33. The molecule has 0 heterocycles. The second kappa shape index (κ2) is 44.8. The molecule has 56 heavy (non-hydrogen) atoms. The molecule has 12 heteroatoms. The third-order valence-corrected chi connectivity index (χ3v) is 9.29. The molecule has 0 aromatic carbocycles. The van der Waals surface area contributed by atoms with E-state index in [0.717, 1.165) is 116 Å². The lowest BCUT2D eigenvalue weighted by Gasteiger charge is -2.18. The molecule has 0 saturated heterocycles. The molecule has 0 bridgehead atoms. The van der Waals surface area contributed by atoms with E-state index in [-0.39, 0.29) is 31.4 Å². The van der Waals surface area contributed by atoms with Crippen molar-refractivity contribution in [2.45, 2.75) is 167 Å². The molecule has 4 unspecified atom stereocenters. The average Bonchev–Trinajstić information content (AvgIpc) is 3.18. The summed E-state index contributed by atoms with van der Waals surface area (Å²) in [4.78, 5) is 5.82. The zero-order valence-electron chi connectivity index (χ0n) is 35.1. The van der Waals surface area contributed by atoms with Crippen molar-refractivity contribution in [3.8, 4) is 0 Å². The van der Waals surface area contributed by atoms with Gasteiger partial charge >= 0.3 is 0 Å². The van der Waals surface area contributed by atoms with Gasteiger partial charge in [-0.2, -0.15) is 0 Å². The Hall–Kier alpha value is -2.92. The predicted octanol–water partition coefficient (Wildman–Crippen LogP) is 11.8. The quantitative estimate of drug-likeness (QED) is 0.0262. The molecule has 0 aliphatic heterocycles. The van der Waals surface area contributed by atoms with Gasteiger partial charge in [0.1, 0.15) is 0 Å². The number of hydrogen-bond donors (Lipinski definition) is 2. The Labute approximate surface area is 339 Å². The van der Waals surface area contributed by atoms with E-state index in [1.54, 1.807) is 0 Å². The smallest absolute Gasteiger partial charge is 0.0704 e. The van der Waals surface area contributed by atoms with Crippen molar-refractivity contribution in [2.24, 2.45) is 10.2 Å². The first-order valence-corrected chi connectivity index (χ1v) is 21.5. The normalized spacial score (nSPS) is 19.5. The Morgan fingerprint density at radius 3 is 1.95 bits per heavy atom. The number of nitrogens with zero attached hydrogens (tertiary/aromatic N) is 6. The minimum Gasteiger partial charge on any atom is -0.394 e. The summed E-state index contributed by atoms with van der Waals surface area (Å²) in [6.07, 6.45) is 43.9. The Morgan fingerprint density at radius 1 is 0.643 bits per heavy atom. The fraction of sp³-hybridized carbons (Fsp3) is 0.773. The van der Waals surface area contributed by atoms with Gasteiger partial charge in [-0.05, 0) is 153 Å². The van der Waals surface area contributed by atoms with Crippen molar-refractivity contribution >= 4 is 0 Å². The standard InChI is InChI=1S/C24H43N3O3.C12H22O3.C8H13N3/c1-3-5-7-13-17-24(30-22-21-29-20-19-28)18-14-10-8-9-12-16-23(26-27-25)15-11-6-4-2;13-8-9-14-10-11-15-12-6-4-2-1-3-5-7-12;9-11-10-8-6-4-2-1-3-5-7-8/h3-6,8,10,23-24,28H,7,9,11-22H2,1-2H3;1-2,12-13H,3-11H2;1-2,8H,3-7H2/b5-3?,6-4?,10-8+;2*2-1-. The van der Waals surface area contributed by atoms with E-state index in [2.05, 4.69) is 81.7 Å². The number of hydrogen-bond acceptors (Lipinski definition) is 8. The lowest BCUT2D eigenvalue weighted by atomic mass is 10.0. The summed E-state index contributed by atoms with van der Waals surface area (Å²) in [5.74, 6) is 0. The van der Waals surface area contributed by atoms with Crippen LogP contribution in [-0.2, 0) is 18.9 Å². The van der Waals surface area contributed by atoms with Crippen LogP contribution in [0.3, 0.4) is 0 Å². The maximum Gasteiger partial charge on any atom is 0.0704 e. The molecule has 2 aliphatic rings. The zero-order valence-corrected chi connectivity index (χ0v) is 35.1. The predicted molar refractivity (Wildman–Crippen MR) is 231 cm³/mol. The molecule has 0 saturated carbocycles. The molecule has 0 radical (unpaired) electrons. The van der Waals surface area contributed by atoms with E-state index in [4.69, 9.17) is 40.2 Å². The first-order valence-electron chi connectivity index (χ1n) is 21.5. The highest BCUT2D eigenvalue weighted by molar-refractivity contribution is 4.88. The minimum absolute atomic E-state index is 0.0526. The number of ether oxygens (including phenoxy) is 4. The summed E-state index contributed by atoms with van der Waals surface area (Å²) in [6, 6.07) is 0.340. The highest BCUT2D eigenvalue weighted by Gasteiger charge is 2.10. The molecule has 0 aromatic rings. The van der Waals surface area contributed by atoms with Crippen molar-refractivity contribution < 1.29 is 29.2 Å². The van der Waals surface area contributed by atoms with Crippen LogP contribution in [0.25, 0.3) is 20.9 Å². The first-order chi connectivity index (χ1) is 27.6. The lowest BCUT2D eigenvalue weighted by molar-refractivity contribution is -0.00886. The van der Waals surface area contributed by atoms with Gasteiger partial charge < -0.3 is 29.2 Å². The summed E-state index contributed by atoms with van der Waals surface area (Å²) < 4.78 is 22.1. The van der Waals surface area contributed by atoms with E-state index < -0.39 is 0 Å². The molecule has 4 atom stereocenters. The summed E-state index contributed by atoms with van der Waals surface area (Å²) >= 11 is 0. The van der Waals surface area contributed by atoms with Gasteiger partial charge in [-0.3, -0.25) is 0 Å². The van der Waals surface area contributed by atoms with Crippen molar-refractivity contribution in [3.05, 3.63) is 81.6 Å². The molecule has 0 fully saturated rings. The van der Waals surface area contributed by atoms with Crippen molar-refractivity contribution in [1.82, 2.24) is 0 Å². The Balaban J connectivity index is 0.000000949. The van der Waals surface area contributed by atoms with E-state index in [9.17, 15) is 0 Å². The molecular weight excluding hydrogens is 709 g/mol. The first kappa shape index (κ1) is 53.1. The molecule has 0 amide bonds. The van der Waals surface area contributed by atoms with Gasteiger partial charge in [0, 0.05) is 21.9 Å². The van der Waals surface area contributed by atoms with Gasteiger partial charge in [-0.25, -0.2) is 0 Å². The van der Waals surface area contributed by atoms with Gasteiger partial charge in [-0.15, -0.1) is 0 Å². The molecule has 12 nitrogen and oxygen atoms in total. The van der Waals surface area contributed by atoms with Crippen LogP contribution in [0, 0.1) is 0 Å². The van der Waals surface area contributed by atoms with Crippen molar-refractivity contribution in [1.29, 1.82) is 0 Å². The van der Waals surface area contributed by atoms with Crippen LogP contribution in [-0.4, -0.2) is 87.4 Å². The maximum atomic E-state index is 8.75. The Kier molecular flexibility index (Phi) is 42.5. The lowest BCUT2D eigenvalue weighted by Crippen LogP contribution is -2.17. The second-order valence-corrected chi connectivity index (χ2v) is 14.0. The van der Waals surface area contributed by atoms with Crippen molar-refractivity contribution in [2.75, 3.05) is 52.9 Å². The fourth-order valence-electron chi connectivity index (χ4n) is 6.22. The van der Waals surface area contributed by atoms with Gasteiger partial charge in [-0.1, -0.05) is 71.0 Å². The summed E-state index contributed by atoms with van der Waals surface area (Å²) in [5, 5.41) is 24.9. The highest BCUT2D eigenvalue weighted by atomic mass is 16.5. The molecule has 2 aliphatic carbocycles.